The van der Waals surface area contributed by atoms with Crippen LogP contribution >= 0.6 is 15.9 Å². The molecule has 5 nitrogen and oxygen atoms in total. The number of aliphatic hydroxyl groups excluding tert-OH is 1. The van der Waals surface area contributed by atoms with Crippen LogP contribution in [0.3, 0.4) is 0 Å². The maximum absolute atomic E-state index is 12.0. The van der Waals surface area contributed by atoms with Gasteiger partial charge in [-0.15, -0.1) is 0 Å². The third kappa shape index (κ3) is 2.41. The minimum Gasteiger partial charge on any atom is -0.389 e. The maximum Gasteiger partial charge on any atom is 0.272 e. The van der Waals surface area contributed by atoms with E-state index in [1.165, 1.54) is 0 Å². The molecule has 0 radical (unpaired) electrons. The van der Waals surface area contributed by atoms with Crippen LogP contribution in [0.4, 0.5) is 0 Å². The molecule has 0 atom stereocenters. The van der Waals surface area contributed by atoms with E-state index in [1.54, 1.807) is 11.0 Å². The molecular formula is C13H12BrN3O2. The second-order valence-corrected chi connectivity index (χ2v) is 5.45. The van der Waals surface area contributed by atoms with Crippen LogP contribution in [0.15, 0.2) is 34.8 Å². The summed E-state index contributed by atoms with van der Waals surface area (Å²) in [4.78, 5) is 13.6. The van der Waals surface area contributed by atoms with E-state index < -0.39 is 6.10 Å². The maximum atomic E-state index is 12.0. The molecule has 19 heavy (non-hydrogen) atoms. The number of aromatic nitrogens is 2. The van der Waals surface area contributed by atoms with Crippen molar-refractivity contribution >= 4 is 21.8 Å². The van der Waals surface area contributed by atoms with Crippen molar-refractivity contribution in [2.75, 3.05) is 13.1 Å². The zero-order valence-corrected chi connectivity index (χ0v) is 11.6. The van der Waals surface area contributed by atoms with Gasteiger partial charge < -0.3 is 10.0 Å². The Morgan fingerprint density at radius 3 is 2.68 bits per heavy atom. The Hall–Kier alpha value is -1.66. The molecule has 1 aliphatic rings. The van der Waals surface area contributed by atoms with Crippen LogP contribution in [0, 0.1) is 0 Å². The smallest absolute Gasteiger partial charge is 0.272 e. The Kier molecular flexibility index (Phi) is 3.12. The summed E-state index contributed by atoms with van der Waals surface area (Å²) in [6.45, 7) is 0.789. The van der Waals surface area contributed by atoms with Gasteiger partial charge in [0, 0.05) is 23.1 Å². The van der Waals surface area contributed by atoms with Crippen molar-refractivity contribution in [3.63, 3.8) is 0 Å². The van der Waals surface area contributed by atoms with Crippen molar-refractivity contribution < 1.29 is 9.90 Å². The van der Waals surface area contributed by atoms with Crippen LogP contribution in [-0.4, -0.2) is 45.3 Å². The van der Waals surface area contributed by atoms with Gasteiger partial charge in [0.2, 0.25) is 0 Å². The molecule has 1 fully saturated rings. The molecule has 2 N–H and O–H groups in total. The molecule has 0 unspecified atom stereocenters. The molecule has 2 heterocycles. The number of nitrogens with one attached hydrogen (secondary N) is 1. The van der Waals surface area contributed by atoms with E-state index >= 15 is 0 Å². The fraction of sp³-hybridized carbons (Fsp3) is 0.231. The normalized spacial score (nSPS) is 15.4. The Labute approximate surface area is 118 Å². The summed E-state index contributed by atoms with van der Waals surface area (Å²) in [5.41, 5.74) is 2.13. The molecule has 3 rings (SSSR count). The summed E-state index contributed by atoms with van der Waals surface area (Å²) >= 11 is 3.38. The lowest BCUT2D eigenvalue weighted by molar-refractivity contribution is 0.00550. The average molecular weight is 322 g/mol. The highest BCUT2D eigenvalue weighted by atomic mass is 79.9. The van der Waals surface area contributed by atoms with Gasteiger partial charge in [-0.05, 0) is 18.2 Å². The molecule has 1 saturated heterocycles. The SMILES string of the molecule is O=C(c1cc(-c2ccc(Br)cc2)n[nH]1)N1CC(O)C1. The van der Waals surface area contributed by atoms with Gasteiger partial charge >= 0.3 is 0 Å². The third-order valence-corrected chi connectivity index (χ3v) is 3.63. The highest BCUT2D eigenvalue weighted by Crippen LogP contribution is 2.21. The summed E-state index contributed by atoms with van der Waals surface area (Å²) < 4.78 is 0.998. The van der Waals surface area contributed by atoms with Crippen molar-refractivity contribution in [2.45, 2.75) is 6.10 Å². The van der Waals surface area contributed by atoms with Crippen LogP contribution in [0.5, 0.6) is 0 Å². The van der Waals surface area contributed by atoms with Gasteiger partial charge in [-0.3, -0.25) is 9.89 Å². The van der Waals surface area contributed by atoms with E-state index in [0.29, 0.717) is 18.8 Å². The minimum atomic E-state index is -0.391. The molecule has 1 aliphatic heterocycles. The molecule has 1 aromatic carbocycles. The number of nitrogens with zero attached hydrogens (tertiary/aromatic N) is 2. The largest absolute Gasteiger partial charge is 0.389 e. The lowest BCUT2D eigenvalue weighted by Gasteiger charge is -2.35. The number of β-amino-alcohol motifs (C(OH)–C–C–N with tert-alkyl or cyclic N) is 1. The molecule has 0 saturated carbocycles. The van der Waals surface area contributed by atoms with Gasteiger partial charge in [0.1, 0.15) is 5.69 Å². The predicted molar refractivity (Wildman–Crippen MR) is 73.6 cm³/mol. The fourth-order valence-electron chi connectivity index (χ4n) is 1.99. The van der Waals surface area contributed by atoms with Gasteiger partial charge in [0.15, 0.2) is 0 Å². The van der Waals surface area contributed by atoms with Gasteiger partial charge in [-0.2, -0.15) is 5.10 Å². The van der Waals surface area contributed by atoms with E-state index in [2.05, 4.69) is 26.1 Å². The molecule has 0 bridgehead atoms. The molecule has 1 amide bonds. The lowest BCUT2D eigenvalue weighted by atomic mass is 10.1. The van der Waals surface area contributed by atoms with Crippen molar-refractivity contribution in [3.8, 4) is 11.3 Å². The fourth-order valence-corrected chi connectivity index (χ4v) is 2.26. The van der Waals surface area contributed by atoms with Gasteiger partial charge in [-0.1, -0.05) is 28.1 Å². The Morgan fingerprint density at radius 2 is 2.05 bits per heavy atom. The second-order valence-electron chi connectivity index (χ2n) is 4.54. The van der Waals surface area contributed by atoms with E-state index in [0.717, 1.165) is 15.7 Å². The second kappa shape index (κ2) is 4.79. The third-order valence-electron chi connectivity index (χ3n) is 3.10. The van der Waals surface area contributed by atoms with Crippen molar-refractivity contribution in [1.82, 2.24) is 15.1 Å². The van der Waals surface area contributed by atoms with E-state index in [1.807, 2.05) is 24.3 Å². The molecular weight excluding hydrogens is 310 g/mol. The topological polar surface area (TPSA) is 69.2 Å². The number of benzene rings is 1. The molecule has 98 valence electrons. The summed E-state index contributed by atoms with van der Waals surface area (Å²) in [5, 5.41) is 16.1. The zero-order chi connectivity index (χ0) is 13.4. The minimum absolute atomic E-state index is 0.124. The number of H-pyrrole nitrogens is 1. The number of halogens is 1. The average Bonchev–Trinajstić information content (AvgIpc) is 2.85. The van der Waals surface area contributed by atoms with Crippen LogP contribution in [0.2, 0.25) is 0 Å². The molecule has 6 heteroatoms. The Bertz CT molecular complexity index is 603. The van der Waals surface area contributed by atoms with E-state index in [9.17, 15) is 9.90 Å². The predicted octanol–water partition coefficient (Wildman–Crippen LogP) is 1.66. The summed E-state index contributed by atoms with van der Waals surface area (Å²) in [6, 6.07) is 9.45. The number of carbonyl (C=O) groups excluding carboxylic acids is 1. The molecule has 2 aromatic rings. The summed E-state index contributed by atoms with van der Waals surface area (Å²) in [7, 11) is 0. The monoisotopic (exact) mass is 321 g/mol. The van der Waals surface area contributed by atoms with Crippen LogP contribution in [0.1, 0.15) is 10.5 Å². The van der Waals surface area contributed by atoms with E-state index in [4.69, 9.17) is 0 Å². The number of hydrogen-bond donors (Lipinski definition) is 2. The van der Waals surface area contributed by atoms with Crippen LogP contribution in [-0.2, 0) is 0 Å². The molecule has 1 aromatic heterocycles. The van der Waals surface area contributed by atoms with Gasteiger partial charge in [-0.25, -0.2) is 0 Å². The first-order valence-corrected chi connectivity index (χ1v) is 6.71. The lowest BCUT2D eigenvalue weighted by Crippen LogP contribution is -2.53. The number of amides is 1. The van der Waals surface area contributed by atoms with Crippen LogP contribution < -0.4 is 0 Å². The zero-order valence-electron chi connectivity index (χ0n) is 10.0. The van der Waals surface area contributed by atoms with Crippen molar-refractivity contribution in [3.05, 3.63) is 40.5 Å². The Morgan fingerprint density at radius 1 is 1.37 bits per heavy atom. The number of rotatable bonds is 2. The van der Waals surface area contributed by atoms with Crippen molar-refractivity contribution in [1.29, 1.82) is 0 Å². The quantitative estimate of drug-likeness (QED) is 0.883. The van der Waals surface area contributed by atoms with Crippen LogP contribution in [0.25, 0.3) is 11.3 Å². The number of aliphatic hydroxyl groups is 1. The van der Waals surface area contributed by atoms with Crippen molar-refractivity contribution in [2.24, 2.45) is 0 Å². The van der Waals surface area contributed by atoms with Gasteiger partial charge in [0.05, 0.1) is 11.8 Å². The number of aromatic amines is 1. The first-order chi connectivity index (χ1) is 9.13. The highest BCUT2D eigenvalue weighted by molar-refractivity contribution is 9.10. The summed E-state index contributed by atoms with van der Waals surface area (Å²) in [6.07, 6.45) is -0.391. The van der Waals surface area contributed by atoms with E-state index in [-0.39, 0.29) is 5.91 Å². The summed E-state index contributed by atoms with van der Waals surface area (Å²) in [5.74, 6) is -0.124. The standard InChI is InChI=1S/C13H12BrN3O2/c14-9-3-1-8(2-4-9)11-5-12(16-15-11)13(19)17-6-10(18)7-17/h1-5,10,18H,6-7H2,(H,15,16). The molecule has 0 aliphatic carbocycles. The van der Waals surface area contributed by atoms with Gasteiger partial charge in [0.25, 0.3) is 5.91 Å². The first-order valence-electron chi connectivity index (χ1n) is 5.92. The Balaban J connectivity index is 1.79. The first kappa shape index (κ1) is 12.4. The number of hydrogen-bond acceptors (Lipinski definition) is 3. The number of likely N-dealkylation sites (tertiary alicyclic amines) is 1. The number of carbonyl (C=O) groups is 1. The highest BCUT2D eigenvalue weighted by Gasteiger charge is 2.30. The molecule has 0 spiro atoms.